The van der Waals surface area contributed by atoms with Gasteiger partial charge in [0, 0.05) is 5.54 Å². The number of fused-ring (bicyclic) bond motifs is 1. The van der Waals surface area contributed by atoms with Gasteiger partial charge in [0.2, 0.25) is 0 Å². The van der Waals surface area contributed by atoms with E-state index >= 15 is 0 Å². The van der Waals surface area contributed by atoms with Crippen LogP contribution in [0.1, 0.15) is 44.9 Å². The summed E-state index contributed by atoms with van der Waals surface area (Å²) in [5.41, 5.74) is 6.71. The molecule has 2 heteroatoms. The lowest BCUT2D eigenvalue weighted by molar-refractivity contribution is 0.104. The Kier molecular flexibility index (Phi) is 2.36. The van der Waals surface area contributed by atoms with Crippen molar-refractivity contribution in [1.29, 1.82) is 0 Å². The van der Waals surface area contributed by atoms with Gasteiger partial charge in [-0.3, -0.25) is 0 Å². The van der Waals surface area contributed by atoms with Crippen molar-refractivity contribution >= 4 is 12.4 Å². The van der Waals surface area contributed by atoms with E-state index < -0.39 is 0 Å². The molecule has 0 heterocycles. The highest BCUT2D eigenvalue weighted by atomic mass is 35.5. The van der Waals surface area contributed by atoms with Crippen LogP contribution in [-0.4, -0.2) is 5.54 Å². The molecule has 0 spiro atoms. The first-order chi connectivity index (χ1) is 5.73. The number of nitrogens with two attached hydrogens (primary N) is 1. The van der Waals surface area contributed by atoms with E-state index in [-0.39, 0.29) is 17.9 Å². The summed E-state index contributed by atoms with van der Waals surface area (Å²) in [7, 11) is 0. The molecular formula is C11H20ClN. The molecule has 76 valence electrons. The first-order valence-corrected chi connectivity index (χ1v) is 5.52. The molecule has 4 aliphatic carbocycles. The molecule has 4 aliphatic rings. The topological polar surface area (TPSA) is 26.0 Å². The standard InChI is InChI=1S/C11H19N.ClH/c12-11-5-8-1-2-9(6-11)4-10(3-8)7-11;/h8-10H,1-7,12H2;1H. The molecule has 4 saturated carbocycles. The molecule has 0 aromatic heterocycles. The van der Waals surface area contributed by atoms with Crippen LogP contribution in [0.5, 0.6) is 0 Å². The minimum atomic E-state index is 0. The van der Waals surface area contributed by atoms with Crippen molar-refractivity contribution in [2.45, 2.75) is 50.5 Å². The quantitative estimate of drug-likeness (QED) is 0.641. The maximum atomic E-state index is 6.42. The Morgan fingerprint density at radius 2 is 1.31 bits per heavy atom. The minimum absolute atomic E-state index is 0. The van der Waals surface area contributed by atoms with Crippen molar-refractivity contribution in [2.75, 3.05) is 0 Å². The van der Waals surface area contributed by atoms with Crippen molar-refractivity contribution in [3.05, 3.63) is 0 Å². The molecule has 0 aliphatic heterocycles. The molecule has 4 fully saturated rings. The average Bonchev–Trinajstić information content (AvgIpc) is 2.14. The van der Waals surface area contributed by atoms with Gasteiger partial charge in [-0.15, -0.1) is 12.4 Å². The summed E-state index contributed by atoms with van der Waals surface area (Å²) in [6.07, 6.45) is 10.0. The zero-order valence-electron chi connectivity index (χ0n) is 8.17. The normalized spacial score (nSPS) is 52.8. The van der Waals surface area contributed by atoms with Crippen LogP contribution in [0.4, 0.5) is 0 Å². The van der Waals surface area contributed by atoms with Gasteiger partial charge in [-0.2, -0.15) is 0 Å². The summed E-state index contributed by atoms with van der Waals surface area (Å²) in [5.74, 6) is 3.01. The van der Waals surface area contributed by atoms with Gasteiger partial charge < -0.3 is 5.73 Å². The van der Waals surface area contributed by atoms with Gasteiger partial charge in [-0.25, -0.2) is 0 Å². The van der Waals surface area contributed by atoms with E-state index in [0.717, 1.165) is 17.8 Å². The molecule has 2 atom stereocenters. The van der Waals surface area contributed by atoms with E-state index in [2.05, 4.69) is 0 Å². The Morgan fingerprint density at radius 1 is 0.846 bits per heavy atom. The molecule has 4 rings (SSSR count). The fraction of sp³-hybridized carbons (Fsp3) is 1.00. The molecule has 4 bridgehead atoms. The van der Waals surface area contributed by atoms with Gasteiger partial charge in [-0.1, -0.05) is 12.8 Å². The summed E-state index contributed by atoms with van der Waals surface area (Å²) >= 11 is 0. The first kappa shape index (κ1) is 9.79. The smallest absolute Gasteiger partial charge is 0.0162 e. The van der Waals surface area contributed by atoms with Crippen LogP contribution in [0.15, 0.2) is 0 Å². The number of hydrogen-bond donors (Lipinski definition) is 1. The van der Waals surface area contributed by atoms with Gasteiger partial charge in [0.05, 0.1) is 0 Å². The lowest BCUT2D eigenvalue weighted by Gasteiger charge is -2.45. The van der Waals surface area contributed by atoms with E-state index in [9.17, 15) is 0 Å². The Balaban J connectivity index is 0.000000653. The second-order valence-electron chi connectivity index (χ2n) is 5.62. The fourth-order valence-corrected chi connectivity index (χ4v) is 4.26. The number of hydrogen-bond acceptors (Lipinski definition) is 1. The van der Waals surface area contributed by atoms with Crippen LogP contribution in [0.3, 0.4) is 0 Å². The number of halogens is 1. The summed E-state index contributed by atoms with van der Waals surface area (Å²) in [5, 5.41) is 0. The largest absolute Gasteiger partial charge is 0.325 e. The minimum Gasteiger partial charge on any atom is -0.325 e. The van der Waals surface area contributed by atoms with Crippen LogP contribution >= 0.6 is 12.4 Å². The van der Waals surface area contributed by atoms with Crippen LogP contribution < -0.4 is 5.73 Å². The molecule has 0 saturated heterocycles. The predicted molar refractivity (Wildman–Crippen MR) is 57.0 cm³/mol. The molecule has 0 radical (unpaired) electrons. The molecule has 2 unspecified atom stereocenters. The predicted octanol–water partition coefficient (Wildman–Crippen LogP) is 2.73. The summed E-state index contributed by atoms with van der Waals surface area (Å²) in [4.78, 5) is 0. The second kappa shape index (κ2) is 3.13. The molecule has 0 amide bonds. The zero-order valence-corrected chi connectivity index (χ0v) is 8.98. The Bertz CT molecular complexity index is 188. The third-order valence-corrected chi connectivity index (χ3v) is 4.40. The third-order valence-electron chi connectivity index (χ3n) is 4.40. The van der Waals surface area contributed by atoms with E-state index in [1.54, 1.807) is 0 Å². The first-order valence-electron chi connectivity index (χ1n) is 5.52. The van der Waals surface area contributed by atoms with E-state index in [0.29, 0.717) is 0 Å². The molecule has 1 nitrogen and oxygen atoms in total. The van der Waals surface area contributed by atoms with Gasteiger partial charge in [-0.05, 0) is 49.9 Å². The lowest BCUT2D eigenvalue weighted by atomic mass is 9.64. The molecule has 2 N–H and O–H groups in total. The highest BCUT2D eigenvalue weighted by molar-refractivity contribution is 5.85. The van der Waals surface area contributed by atoms with Gasteiger partial charge in [0.25, 0.3) is 0 Å². The van der Waals surface area contributed by atoms with Crippen LogP contribution in [0.2, 0.25) is 0 Å². The number of rotatable bonds is 0. The van der Waals surface area contributed by atoms with Crippen molar-refractivity contribution in [2.24, 2.45) is 23.5 Å². The summed E-state index contributed by atoms with van der Waals surface area (Å²) in [6.45, 7) is 0. The maximum absolute atomic E-state index is 6.42. The average molecular weight is 202 g/mol. The monoisotopic (exact) mass is 201 g/mol. The molecular weight excluding hydrogens is 182 g/mol. The zero-order chi connectivity index (χ0) is 8.18. The van der Waals surface area contributed by atoms with E-state index in [4.69, 9.17) is 5.73 Å². The summed E-state index contributed by atoms with van der Waals surface area (Å²) in [6, 6.07) is 0. The Labute approximate surface area is 86.9 Å². The summed E-state index contributed by atoms with van der Waals surface area (Å²) < 4.78 is 0. The van der Waals surface area contributed by atoms with E-state index in [1.807, 2.05) is 0 Å². The third kappa shape index (κ3) is 1.61. The fourth-order valence-electron chi connectivity index (χ4n) is 4.26. The molecule has 0 aromatic rings. The van der Waals surface area contributed by atoms with Crippen molar-refractivity contribution < 1.29 is 0 Å². The lowest BCUT2D eigenvalue weighted by Crippen LogP contribution is -2.50. The van der Waals surface area contributed by atoms with Crippen LogP contribution in [-0.2, 0) is 0 Å². The van der Waals surface area contributed by atoms with Gasteiger partial charge in [0.1, 0.15) is 0 Å². The van der Waals surface area contributed by atoms with Gasteiger partial charge >= 0.3 is 0 Å². The van der Waals surface area contributed by atoms with Crippen LogP contribution in [0, 0.1) is 17.8 Å². The van der Waals surface area contributed by atoms with Gasteiger partial charge in [0.15, 0.2) is 0 Å². The molecule has 13 heavy (non-hydrogen) atoms. The maximum Gasteiger partial charge on any atom is 0.0162 e. The molecule has 0 aromatic carbocycles. The van der Waals surface area contributed by atoms with Crippen molar-refractivity contribution in [3.8, 4) is 0 Å². The highest BCUT2D eigenvalue weighted by Crippen LogP contribution is 2.51. The van der Waals surface area contributed by atoms with Crippen molar-refractivity contribution in [3.63, 3.8) is 0 Å². The SMILES string of the molecule is Cl.NC12CC3CCC(CC(C3)C1)C2. The van der Waals surface area contributed by atoms with Crippen molar-refractivity contribution in [1.82, 2.24) is 0 Å². The van der Waals surface area contributed by atoms with E-state index in [1.165, 1.54) is 44.9 Å². The Morgan fingerprint density at radius 3 is 1.77 bits per heavy atom. The Hall–Kier alpha value is 0.250. The van der Waals surface area contributed by atoms with Crippen LogP contribution in [0.25, 0.3) is 0 Å². The highest BCUT2D eigenvalue weighted by Gasteiger charge is 2.46. The second-order valence-corrected chi connectivity index (χ2v) is 5.62.